The van der Waals surface area contributed by atoms with Crippen LogP contribution >= 0.6 is 0 Å². The van der Waals surface area contributed by atoms with Crippen molar-refractivity contribution in [1.29, 1.82) is 0 Å². The van der Waals surface area contributed by atoms with Crippen molar-refractivity contribution in [3.8, 4) is 11.5 Å². The Morgan fingerprint density at radius 1 is 0.677 bits per heavy atom. The summed E-state index contributed by atoms with van der Waals surface area (Å²) in [7, 11) is 1.64. The van der Waals surface area contributed by atoms with Crippen molar-refractivity contribution >= 4 is 12.2 Å². The Morgan fingerprint density at radius 3 is 1.52 bits per heavy atom. The van der Waals surface area contributed by atoms with Crippen LogP contribution in [0.4, 0.5) is 0 Å². The molecule has 1 N–H and O–H groups in total. The number of benzene rings is 2. The summed E-state index contributed by atoms with van der Waals surface area (Å²) in [6.45, 7) is 11.4. The molecule has 0 aliphatic heterocycles. The fourth-order valence-corrected chi connectivity index (χ4v) is 2.35. The Morgan fingerprint density at radius 2 is 1.10 bits per heavy atom. The van der Waals surface area contributed by atoms with Crippen LogP contribution in [0, 0.1) is 0 Å². The molecular weight excluding hydrogens is 396 g/mol. The highest BCUT2D eigenvalue weighted by atomic mass is 16.6. The van der Waals surface area contributed by atoms with Gasteiger partial charge in [-0.15, -0.1) is 0 Å². The second-order valence-corrected chi connectivity index (χ2v) is 6.14. The Hall–Kier alpha value is -2.48. The van der Waals surface area contributed by atoms with Crippen LogP contribution < -0.4 is 4.74 Å². The van der Waals surface area contributed by atoms with Crippen molar-refractivity contribution in [2.24, 2.45) is 0 Å². The van der Waals surface area contributed by atoms with Crippen LogP contribution in [-0.4, -0.2) is 65.1 Å². The van der Waals surface area contributed by atoms with E-state index in [1.54, 1.807) is 19.3 Å². The first-order valence-corrected chi connectivity index (χ1v) is 10.2. The Kier molecular flexibility index (Phi) is 15.7. The maximum Gasteiger partial charge on any atom is 0.134 e. The average molecular weight is 431 g/mol. The van der Waals surface area contributed by atoms with Gasteiger partial charge in [0.05, 0.1) is 52.9 Å². The summed E-state index contributed by atoms with van der Waals surface area (Å²) < 4.78 is 26.0. The molecule has 0 fully saturated rings. The van der Waals surface area contributed by atoms with Crippen molar-refractivity contribution in [2.75, 3.05) is 60.0 Å². The number of methoxy groups -OCH3 is 1. The molecule has 0 spiro atoms. The van der Waals surface area contributed by atoms with Crippen molar-refractivity contribution in [2.45, 2.75) is 0 Å². The minimum Gasteiger partial charge on any atom is -0.456 e. The Bertz CT molecular complexity index is 670. The van der Waals surface area contributed by atoms with Gasteiger partial charge in [-0.2, -0.15) is 0 Å². The van der Waals surface area contributed by atoms with Gasteiger partial charge in [0.25, 0.3) is 0 Å². The standard InChI is InChI=1S/C16H14O.C9H20O5/c1-3-13-9-5-7-11-15(13)17-16-12-8-6-10-14(16)4-2;1-11-4-5-13-8-9-14-7-6-12-3-2-10/h3-12H,1-2H2;10H,2-9H2,1H3. The highest BCUT2D eigenvalue weighted by molar-refractivity contribution is 5.60. The van der Waals surface area contributed by atoms with Gasteiger partial charge in [-0.1, -0.05) is 61.7 Å². The van der Waals surface area contributed by atoms with E-state index in [0.717, 1.165) is 22.6 Å². The summed E-state index contributed by atoms with van der Waals surface area (Å²) in [5.41, 5.74) is 1.96. The SMILES string of the molecule is C=Cc1ccccc1Oc1ccccc1C=C.COCCOCCOCCOCCO. The quantitative estimate of drug-likeness (QED) is 0.422. The molecule has 0 saturated heterocycles. The summed E-state index contributed by atoms with van der Waals surface area (Å²) in [4.78, 5) is 0. The zero-order chi connectivity index (χ0) is 22.6. The molecule has 0 heterocycles. The first kappa shape index (κ1) is 26.6. The zero-order valence-corrected chi connectivity index (χ0v) is 18.3. The van der Waals surface area contributed by atoms with Gasteiger partial charge in [-0.3, -0.25) is 0 Å². The Labute approximate surface area is 185 Å². The normalized spacial score (nSPS) is 10.1. The Balaban J connectivity index is 0.000000318. The zero-order valence-electron chi connectivity index (χ0n) is 18.3. The molecule has 0 aliphatic rings. The van der Waals surface area contributed by atoms with E-state index in [0.29, 0.717) is 46.2 Å². The van der Waals surface area contributed by atoms with Crippen molar-refractivity contribution < 1.29 is 28.8 Å². The fourth-order valence-electron chi connectivity index (χ4n) is 2.35. The van der Waals surface area contributed by atoms with E-state index in [-0.39, 0.29) is 6.61 Å². The van der Waals surface area contributed by atoms with Gasteiger partial charge in [-0.25, -0.2) is 0 Å². The van der Waals surface area contributed by atoms with Gasteiger partial charge in [0.2, 0.25) is 0 Å². The summed E-state index contributed by atoms with van der Waals surface area (Å²) in [5, 5.41) is 8.39. The number of aliphatic hydroxyl groups is 1. The van der Waals surface area contributed by atoms with Gasteiger partial charge in [0.15, 0.2) is 0 Å². The summed E-state index contributed by atoms with van der Waals surface area (Å²) in [6.07, 6.45) is 3.57. The lowest BCUT2D eigenvalue weighted by Crippen LogP contribution is -2.12. The molecule has 2 rings (SSSR count). The molecule has 0 unspecified atom stereocenters. The number of rotatable bonds is 15. The molecule has 2 aromatic carbocycles. The highest BCUT2D eigenvalue weighted by Gasteiger charge is 2.03. The molecule has 0 aromatic heterocycles. The molecule has 6 heteroatoms. The first-order chi connectivity index (χ1) is 15.3. The van der Waals surface area contributed by atoms with Crippen molar-refractivity contribution in [3.05, 3.63) is 72.8 Å². The van der Waals surface area contributed by atoms with Crippen LogP contribution in [-0.2, 0) is 18.9 Å². The first-order valence-electron chi connectivity index (χ1n) is 10.2. The van der Waals surface area contributed by atoms with E-state index >= 15 is 0 Å². The lowest BCUT2D eigenvalue weighted by molar-refractivity contribution is -0.000973. The number of para-hydroxylation sites is 2. The minimum atomic E-state index is 0.0557. The molecule has 6 nitrogen and oxygen atoms in total. The largest absolute Gasteiger partial charge is 0.456 e. The lowest BCUT2D eigenvalue weighted by Gasteiger charge is -2.10. The van der Waals surface area contributed by atoms with E-state index in [9.17, 15) is 0 Å². The molecule has 0 atom stereocenters. The van der Waals surface area contributed by atoms with Crippen LogP contribution in [0.25, 0.3) is 12.2 Å². The molecule has 0 aliphatic carbocycles. The number of ether oxygens (including phenoxy) is 5. The van der Waals surface area contributed by atoms with Gasteiger partial charge in [0.1, 0.15) is 11.5 Å². The molecule has 170 valence electrons. The average Bonchev–Trinajstić information content (AvgIpc) is 2.81. The van der Waals surface area contributed by atoms with E-state index < -0.39 is 0 Å². The number of hydrogen-bond donors (Lipinski definition) is 1. The summed E-state index contributed by atoms with van der Waals surface area (Å²) in [6, 6.07) is 15.6. The van der Waals surface area contributed by atoms with Crippen LogP contribution in [0.2, 0.25) is 0 Å². The lowest BCUT2D eigenvalue weighted by atomic mass is 10.2. The predicted octanol–water partition coefficient (Wildman–Crippen LogP) is 4.44. The van der Waals surface area contributed by atoms with Gasteiger partial charge >= 0.3 is 0 Å². The molecule has 0 saturated carbocycles. The third-order valence-electron chi connectivity index (χ3n) is 3.91. The fraction of sp³-hybridized carbons (Fsp3) is 0.360. The van der Waals surface area contributed by atoms with Crippen LogP contribution in [0.5, 0.6) is 11.5 Å². The third kappa shape index (κ3) is 12.1. The molecule has 2 aromatic rings. The van der Waals surface area contributed by atoms with E-state index in [1.165, 1.54) is 0 Å². The molecule has 0 bridgehead atoms. The van der Waals surface area contributed by atoms with E-state index in [2.05, 4.69) is 13.2 Å². The third-order valence-corrected chi connectivity index (χ3v) is 3.91. The van der Waals surface area contributed by atoms with Crippen molar-refractivity contribution in [3.63, 3.8) is 0 Å². The highest BCUT2D eigenvalue weighted by Crippen LogP contribution is 2.28. The van der Waals surface area contributed by atoms with Gasteiger partial charge < -0.3 is 28.8 Å². The topological polar surface area (TPSA) is 66.4 Å². The second-order valence-electron chi connectivity index (χ2n) is 6.14. The van der Waals surface area contributed by atoms with Crippen LogP contribution in [0.15, 0.2) is 61.7 Å². The molecule has 31 heavy (non-hydrogen) atoms. The van der Waals surface area contributed by atoms with E-state index in [1.807, 2.05) is 48.5 Å². The number of hydrogen-bond acceptors (Lipinski definition) is 6. The van der Waals surface area contributed by atoms with Crippen LogP contribution in [0.3, 0.4) is 0 Å². The maximum absolute atomic E-state index is 8.39. The molecular formula is C25H34O6. The van der Waals surface area contributed by atoms with Gasteiger partial charge in [0, 0.05) is 18.2 Å². The second kappa shape index (κ2) is 18.3. The maximum atomic E-state index is 8.39. The summed E-state index contributed by atoms with van der Waals surface area (Å²) in [5.74, 6) is 1.61. The molecule has 0 radical (unpaired) electrons. The smallest absolute Gasteiger partial charge is 0.134 e. The number of aliphatic hydroxyl groups excluding tert-OH is 1. The minimum absolute atomic E-state index is 0.0557. The van der Waals surface area contributed by atoms with Crippen LogP contribution in [0.1, 0.15) is 11.1 Å². The van der Waals surface area contributed by atoms with Crippen molar-refractivity contribution in [1.82, 2.24) is 0 Å². The predicted molar refractivity (Wildman–Crippen MR) is 125 cm³/mol. The molecule has 0 amide bonds. The monoisotopic (exact) mass is 430 g/mol. The summed E-state index contributed by atoms with van der Waals surface area (Å²) >= 11 is 0. The van der Waals surface area contributed by atoms with Gasteiger partial charge in [-0.05, 0) is 12.1 Å². The van der Waals surface area contributed by atoms with E-state index in [4.69, 9.17) is 28.8 Å².